The van der Waals surface area contributed by atoms with Crippen LogP contribution in [0.25, 0.3) is 5.57 Å². The zero-order valence-electron chi connectivity index (χ0n) is 24.5. The lowest BCUT2D eigenvalue weighted by Crippen LogP contribution is -2.51. The van der Waals surface area contributed by atoms with Gasteiger partial charge in [-0.3, -0.25) is 14.4 Å². The zero-order valence-corrected chi connectivity index (χ0v) is 25.3. The highest BCUT2D eigenvalue weighted by molar-refractivity contribution is 6.33. The number of ether oxygens (including phenoxy) is 1. The molecule has 1 N–H and O–H groups in total. The Balaban J connectivity index is 1.45. The van der Waals surface area contributed by atoms with Gasteiger partial charge in [0.05, 0.1) is 17.7 Å². The summed E-state index contributed by atoms with van der Waals surface area (Å²) in [4.78, 5) is 58.1. The number of likely N-dealkylation sites (N-methyl/N-ethyl adjacent to an activating group) is 1. The van der Waals surface area contributed by atoms with E-state index in [4.69, 9.17) is 16.3 Å². The smallest absolute Gasteiger partial charge is 0.322 e. The number of carbonyl (C=O) groups excluding carboxylic acids is 4. The van der Waals surface area contributed by atoms with Gasteiger partial charge in [-0.15, -0.1) is 0 Å². The highest BCUT2D eigenvalue weighted by Gasteiger charge is 2.32. The van der Waals surface area contributed by atoms with Crippen LogP contribution in [0.3, 0.4) is 0 Å². The fourth-order valence-corrected chi connectivity index (χ4v) is 5.54. The highest BCUT2D eigenvalue weighted by atomic mass is 35.5. The van der Waals surface area contributed by atoms with Gasteiger partial charge in [-0.25, -0.2) is 4.79 Å². The number of rotatable bonds is 9. The van der Waals surface area contributed by atoms with Gasteiger partial charge >= 0.3 is 6.03 Å². The summed E-state index contributed by atoms with van der Waals surface area (Å²) in [5.41, 5.74) is 2.54. The van der Waals surface area contributed by atoms with Crippen molar-refractivity contribution in [2.75, 3.05) is 45.7 Å². The zero-order chi connectivity index (χ0) is 30.4. The number of fused-ring (bicyclic) bond motifs is 1. The molecule has 0 aliphatic carbocycles. The lowest BCUT2D eigenvalue weighted by molar-refractivity contribution is -0.135. The molecule has 4 rings (SSSR count). The molecule has 2 aliphatic rings. The van der Waals surface area contributed by atoms with Gasteiger partial charge < -0.3 is 29.7 Å². The maximum atomic E-state index is 13.5. The third-order valence-corrected chi connectivity index (χ3v) is 8.23. The van der Waals surface area contributed by atoms with Crippen LogP contribution < -0.4 is 10.1 Å². The van der Waals surface area contributed by atoms with Crippen molar-refractivity contribution in [3.05, 3.63) is 64.8 Å². The number of carbonyl (C=O) groups is 4. The number of nitrogens with one attached hydrogen (secondary N) is 1. The van der Waals surface area contributed by atoms with Crippen LogP contribution in [0.2, 0.25) is 5.02 Å². The van der Waals surface area contributed by atoms with Crippen molar-refractivity contribution in [1.82, 2.24) is 19.6 Å². The maximum Gasteiger partial charge on any atom is 0.322 e. The minimum absolute atomic E-state index is 0.0107. The van der Waals surface area contributed by atoms with E-state index in [0.29, 0.717) is 55.2 Å². The molecule has 224 valence electrons. The molecule has 5 amide bonds. The first kappa shape index (κ1) is 30.9. The molecule has 0 aromatic heterocycles. The predicted octanol–water partition coefficient (Wildman–Crippen LogP) is 4.10. The van der Waals surface area contributed by atoms with E-state index in [1.54, 1.807) is 35.0 Å². The van der Waals surface area contributed by atoms with Gasteiger partial charge in [-0.2, -0.15) is 0 Å². The number of nitrogens with zero attached hydrogens (tertiary/aromatic N) is 4. The number of para-hydroxylation sites is 2. The standard InChI is InChI=1S/C31H38ClN5O5/c1-21(2)34(3)30(40)25(24-9-7-10-26(32)29(24)42-4)18-35(20-38)19-28(39)36-15-13-23(14-16-36)37-17-12-22-8-5-6-11-27(22)33-31(37)41/h5-11,18,20-21,23H,12-17,19H2,1-4H3,(H,33,41)/b25-18-. The van der Waals surface area contributed by atoms with Crippen LogP contribution in [0.1, 0.15) is 37.8 Å². The molecule has 0 unspecified atom stereocenters. The van der Waals surface area contributed by atoms with E-state index in [1.165, 1.54) is 18.2 Å². The molecular formula is C31H38ClN5O5. The molecule has 2 aliphatic heterocycles. The van der Waals surface area contributed by atoms with E-state index in [2.05, 4.69) is 5.32 Å². The number of hydrogen-bond donors (Lipinski definition) is 1. The molecule has 0 atom stereocenters. The molecule has 42 heavy (non-hydrogen) atoms. The monoisotopic (exact) mass is 595 g/mol. The van der Waals surface area contributed by atoms with E-state index in [0.717, 1.165) is 17.7 Å². The van der Waals surface area contributed by atoms with Gasteiger partial charge in [0, 0.05) is 56.2 Å². The molecule has 0 bridgehead atoms. The van der Waals surface area contributed by atoms with Crippen LogP contribution in [-0.2, 0) is 20.8 Å². The number of hydrogen-bond acceptors (Lipinski definition) is 5. The van der Waals surface area contributed by atoms with Crippen molar-refractivity contribution in [2.45, 2.75) is 45.2 Å². The Bertz CT molecular complexity index is 1350. The Kier molecular flexibility index (Phi) is 10.1. The number of anilines is 1. The van der Waals surface area contributed by atoms with E-state index in [9.17, 15) is 19.2 Å². The van der Waals surface area contributed by atoms with E-state index < -0.39 is 0 Å². The van der Waals surface area contributed by atoms with Gasteiger partial charge in [0.25, 0.3) is 5.91 Å². The van der Waals surface area contributed by atoms with Crippen LogP contribution >= 0.6 is 11.6 Å². The van der Waals surface area contributed by atoms with Crippen molar-refractivity contribution >= 4 is 47.1 Å². The number of methoxy groups -OCH3 is 1. The summed E-state index contributed by atoms with van der Waals surface area (Å²) >= 11 is 6.34. The second-order valence-corrected chi connectivity index (χ2v) is 11.2. The summed E-state index contributed by atoms with van der Waals surface area (Å²) in [5.74, 6) is -0.286. The number of amides is 5. The lowest BCUT2D eigenvalue weighted by atomic mass is 10.0. The van der Waals surface area contributed by atoms with Crippen molar-refractivity contribution in [1.29, 1.82) is 0 Å². The third-order valence-electron chi connectivity index (χ3n) is 7.93. The van der Waals surface area contributed by atoms with Gasteiger partial charge in [-0.05, 0) is 50.8 Å². The molecule has 2 aromatic carbocycles. The summed E-state index contributed by atoms with van der Waals surface area (Å²) < 4.78 is 5.47. The Labute approximate surface area is 251 Å². The molecule has 11 heteroatoms. The number of benzene rings is 2. The van der Waals surface area contributed by atoms with Crippen LogP contribution in [0.5, 0.6) is 5.75 Å². The molecule has 0 radical (unpaired) electrons. The van der Waals surface area contributed by atoms with Gasteiger partial charge in [0.15, 0.2) is 0 Å². The summed E-state index contributed by atoms with van der Waals surface area (Å²) in [6.07, 6.45) is 3.94. The van der Waals surface area contributed by atoms with Gasteiger partial charge in [0.2, 0.25) is 12.3 Å². The molecule has 0 spiro atoms. The summed E-state index contributed by atoms with van der Waals surface area (Å²) in [6.45, 7) is 5.05. The van der Waals surface area contributed by atoms with Crippen LogP contribution in [0, 0.1) is 0 Å². The van der Waals surface area contributed by atoms with Gasteiger partial charge in [0.1, 0.15) is 12.3 Å². The Morgan fingerprint density at radius 3 is 2.50 bits per heavy atom. The molecular weight excluding hydrogens is 558 g/mol. The lowest BCUT2D eigenvalue weighted by Gasteiger charge is -2.38. The second-order valence-electron chi connectivity index (χ2n) is 10.8. The Morgan fingerprint density at radius 2 is 1.83 bits per heavy atom. The molecule has 2 heterocycles. The largest absolute Gasteiger partial charge is 0.495 e. The predicted molar refractivity (Wildman–Crippen MR) is 162 cm³/mol. The van der Waals surface area contributed by atoms with E-state index in [-0.39, 0.29) is 42.0 Å². The fraction of sp³-hybridized carbons (Fsp3) is 0.419. The van der Waals surface area contributed by atoms with E-state index >= 15 is 0 Å². The first-order valence-corrected chi connectivity index (χ1v) is 14.5. The summed E-state index contributed by atoms with van der Waals surface area (Å²) in [6, 6.07) is 12.6. The first-order valence-electron chi connectivity index (χ1n) is 14.1. The molecule has 0 saturated carbocycles. The van der Waals surface area contributed by atoms with Crippen LogP contribution in [0.15, 0.2) is 48.7 Å². The molecule has 1 saturated heterocycles. The SMILES string of the molecule is COc1c(Cl)cccc1/C(=C/N(C=O)CC(=O)N1CCC(N2CCc3ccccc3NC2=O)CC1)C(=O)N(C)C(C)C. The van der Waals surface area contributed by atoms with Crippen LogP contribution in [-0.4, -0.2) is 96.3 Å². The quantitative estimate of drug-likeness (QED) is 0.347. The van der Waals surface area contributed by atoms with Gasteiger partial charge in [-0.1, -0.05) is 41.9 Å². The topological polar surface area (TPSA) is 102 Å². The summed E-state index contributed by atoms with van der Waals surface area (Å²) in [7, 11) is 3.12. The number of urea groups is 1. The minimum atomic E-state index is -0.344. The van der Waals surface area contributed by atoms with Crippen molar-refractivity contribution in [2.24, 2.45) is 0 Å². The highest BCUT2D eigenvalue weighted by Crippen LogP contribution is 2.34. The average Bonchev–Trinajstić information content (AvgIpc) is 3.16. The first-order chi connectivity index (χ1) is 20.1. The maximum absolute atomic E-state index is 13.5. The number of halogens is 1. The fourth-order valence-electron chi connectivity index (χ4n) is 5.29. The molecule has 10 nitrogen and oxygen atoms in total. The minimum Gasteiger partial charge on any atom is -0.495 e. The number of piperidine rings is 1. The summed E-state index contributed by atoms with van der Waals surface area (Å²) in [5, 5.41) is 3.33. The average molecular weight is 596 g/mol. The second kappa shape index (κ2) is 13.7. The Hall–Kier alpha value is -4.05. The van der Waals surface area contributed by atoms with Crippen molar-refractivity contribution in [3.8, 4) is 5.75 Å². The Morgan fingerprint density at radius 1 is 1.12 bits per heavy atom. The van der Waals surface area contributed by atoms with Crippen molar-refractivity contribution < 1.29 is 23.9 Å². The molecule has 1 fully saturated rings. The van der Waals surface area contributed by atoms with E-state index in [1.807, 2.05) is 43.0 Å². The third kappa shape index (κ3) is 6.87. The van der Waals surface area contributed by atoms with Crippen LogP contribution in [0.4, 0.5) is 10.5 Å². The van der Waals surface area contributed by atoms with Crippen molar-refractivity contribution in [3.63, 3.8) is 0 Å². The number of likely N-dealkylation sites (tertiary alicyclic amines) is 1. The molecule has 2 aromatic rings. The normalized spacial score (nSPS) is 16.0.